The van der Waals surface area contributed by atoms with Gasteiger partial charge in [0.15, 0.2) is 0 Å². The Morgan fingerprint density at radius 3 is 2.88 bits per heavy atom. The molecule has 1 saturated heterocycles. The number of methoxy groups -OCH3 is 1. The summed E-state index contributed by atoms with van der Waals surface area (Å²) in [5.41, 5.74) is 7.67. The summed E-state index contributed by atoms with van der Waals surface area (Å²) >= 11 is 2.07. The molecule has 2 aromatic rings. The SMILES string of the molecule is COc1ccc2ncc(F)c([C@H](N)CCC3CCN(CCSC4CCC4)CC3CC(=O)O)c2c1. The fourth-order valence-electron chi connectivity index (χ4n) is 5.29. The summed E-state index contributed by atoms with van der Waals surface area (Å²) in [6, 6.07) is 4.91. The van der Waals surface area contributed by atoms with Crippen LogP contribution in [0.1, 0.15) is 56.6 Å². The first-order valence-electron chi connectivity index (χ1n) is 12.4. The average molecular weight is 490 g/mol. The highest BCUT2D eigenvalue weighted by molar-refractivity contribution is 7.99. The number of likely N-dealkylation sites (tertiary alicyclic amines) is 1. The van der Waals surface area contributed by atoms with Gasteiger partial charge in [-0.05, 0) is 68.7 Å². The molecule has 0 spiro atoms. The van der Waals surface area contributed by atoms with Crippen LogP contribution >= 0.6 is 11.8 Å². The molecular weight excluding hydrogens is 453 g/mol. The molecule has 1 aromatic heterocycles. The number of nitrogens with two attached hydrogens (primary N) is 1. The Balaban J connectivity index is 1.38. The molecule has 0 amide bonds. The first-order valence-corrected chi connectivity index (χ1v) is 13.4. The van der Waals surface area contributed by atoms with E-state index in [1.807, 2.05) is 6.07 Å². The maximum Gasteiger partial charge on any atom is 0.303 e. The number of halogens is 1. The average Bonchev–Trinajstić information content (AvgIpc) is 2.79. The number of piperidine rings is 1. The summed E-state index contributed by atoms with van der Waals surface area (Å²) in [4.78, 5) is 18.2. The van der Waals surface area contributed by atoms with E-state index in [1.54, 1.807) is 19.2 Å². The normalized spacial score (nSPS) is 22.4. The second kappa shape index (κ2) is 11.7. The molecular formula is C26H36FN3O3S. The zero-order valence-corrected chi connectivity index (χ0v) is 20.7. The molecule has 2 fully saturated rings. The van der Waals surface area contributed by atoms with Gasteiger partial charge in [0.2, 0.25) is 0 Å². The van der Waals surface area contributed by atoms with E-state index in [-0.39, 0.29) is 18.3 Å². The Kier molecular flexibility index (Phi) is 8.66. The van der Waals surface area contributed by atoms with Crippen molar-refractivity contribution in [3.8, 4) is 5.75 Å². The van der Waals surface area contributed by atoms with E-state index in [4.69, 9.17) is 10.5 Å². The molecule has 8 heteroatoms. The number of fused-ring (bicyclic) bond motifs is 1. The lowest BCUT2D eigenvalue weighted by Crippen LogP contribution is -2.42. The first kappa shape index (κ1) is 25.2. The van der Waals surface area contributed by atoms with Crippen LogP contribution in [0.25, 0.3) is 10.9 Å². The summed E-state index contributed by atoms with van der Waals surface area (Å²) < 4.78 is 20.1. The third kappa shape index (κ3) is 6.20. The van der Waals surface area contributed by atoms with Crippen molar-refractivity contribution in [2.75, 3.05) is 32.5 Å². The second-order valence-corrected chi connectivity index (χ2v) is 11.1. The first-order chi connectivity index (χ1) is 16.4. The van der Waals surface area contributed by atoms with E-state index in [9.17, 15) is 14.3 Å². The van der Waals surface area contributed by atoms with E-state index < -0.39 is 17.8 Å². The number of carbonyl (C=O) groups is 1. The Morgan fingerprint density at radius 2 is 2.18 bits per heavy atom. The number of thioether (sulfide) groups is 1. The van der Waals surface area contributed by atoms with Crippen molar-refractivity contribution in [2.45, 2.75) is 56.2 Å². The van der Waals surface area contributed by atoms with Gasteiger partial charge in [0.05, 0.1) is 18.8 Å². The number of nitrogens with zero attached hydrogens (tertiary/aromatic N) is 2. The largest absolute Gasteiger partial charge is 0.497 e. The van der Waals surface area contributed by atoms with Gasteiger partial charge in [0.1, 0.15) is 11.6 Å². The summed E-state index contributed by atoms with van der Waals surface area (Å²) in [6.45, 7) is 2.84. The van der Waals surface area contributed by atoms with Gasteiger partial charge in [-0.15, -0.1) is 0 Å². The molecule has 4 rings (SSSR count). The molecule has 6 nitrogen and oxygen atoms in total. The smallest absolute Gasteiger partial charge is 0.303 e. The lowest BCUT2D eigenvalue weighted by molar-refractivity contribution is -0.139. The van der Waals surface area contributed by atoms with Crippen molar-refractivity contribution in [1.82, 2.24) is 9.88 Å². The summed E-state index contributed by atoms with van der Waals surface area (Å²) in [6.07, 6.45) is 7.81. The maximum absolute atomic E-state index is 14.8. The van der Waals surface area contributed by atoms with Gasteiger partial charge < -0.3 is 20.5 Å². The topological polar surface area (TPSA) is 88.7 Å². The van der Waals surface area contributed by atoms with Gasteiger partial charge >= 0.3 is 5.97 Å². The molecule has 0 radical (unpaired) electrons. The molecule has 1 aliphatic heterocycles. The predicted octanol–water partition coefficient (Wildman–Crippen LogP) is 4.86. The van der Waals surface area contributed by atoms with Crippen molar-refractivity contribution in [2.24, 2.45) is 17.6 Å². The molecule has 2 aliphatic rings. The summed E-state index contributed by atoms with van der Waals surface area (Å²) in [5, 5.41) is 11.0. The number of aromatic nitrogens is 1. The van der Waals surface area contributed by atoms with Gasteiger partial charge in [-0.3, -0.25) is 9.78 Å². The van der Waals surface area contributed by atoms with Crippen LogP contribution in [0.5, 0.6) is 5.75 Å². The van der Waals surface area contributed by atoms with Crippen LogP contribution in [-0.4, -0.2) is 58.7 Å². The van der Waals surface area contributed by atoms with Crippen LogP contribution in [0.15, 0.2) is 24.4 Å². The molecule has 1 aliphatic carbocycles. The number of hydrogen-bond donors (Lipinski definition) is 2. The number of carboxylic acids is 1. The highest BCUT2D eigenvalue weighted by Crippen LogP contribution is 2.36. The minimum Gasteiger partial charge on any atom is -0.497 e. The third-order valence-electron chi connectivity index (χ3n) is 7.51. The molecule has 3 atom stereocenters. The minimum absolute atomic E-state index is 0.103. The predicted molar refractivity (Wildman–Crippen MR) is 135 cm³/mol. The monoisotopic (exact) mass is 489 g/mol. The number of hydrogen-bond acceptors (Lipinski definition) is 6. The maximum atomic E-state index is 14.8. The fourth-order valence-corrected chi connectivity index (χ4v) is 6.65. The van der Waals surface area contributed by atoms with Crippen LogP contribution in [0.3, 0.4) is 0 Å². The van der Waals surface area contributed by atoms with E-state index >= 15 is 0 Å². The highest BCUT2D eigenvalue weighted by Gasteiger charge is 2.31. The van der Waals surface area contributed by atoms with E-state index in [0.29, 0.717) is 28.6 Å². The molecule has 0 bridgehead atoms. The van der Waals surface area contributed by atoms with Crippen molar-refractivity contribution in [3.63, 3.8) is 0 Å². The van der Waals surface area contributed by atoms with Crippen LogP contribution in [0.2, 0.25) is 0 Å². The van der Waals surface area contributed by atoms with Crippen LogP contribution in [-0.2, 0) is 4.79 Å². The summed E-state index contributed by atoms with van der Waals surface area (Å²) in [7, 11) is 1.58. The van der Waals surface area contributed by atoms with Gasteiger partial charge in [-0.25, -0.2) is 4.39 Å². The van der Waals surface area contributed by atoms with Gasteiger partial charge in [-0.2, -0.15) is 11.8 Å². The van der Waals surface area contributed by atoms with Gasteiger partial charge in [0, 0.05) is 47.5 Å². The van der Waals surface area contributed by atoms with Crippen molar-refractivity contribution in [1.29, 1.82) is 0 Å². The van der Waals surface area contributed by atoms with Crippen molar-refractivity contribution < 1.29 is 19.0 Å². The number of benzene rings is 1. The number of carboxylic acid groups (broad SMARTS) is 1. The standard InChI is InChI=1S/C26H36FN3O3S/c1-33-19-6-8-24-21(14-19)26(22(27)15-29-24)23(28)7-5-17-9-10-30(16-18(17)13-25(31)32)11-12-34-20-3-2-4-20/h6,8,14-15,17-18,20,23H,2-5,7,9-13,16,28H2,1H3,(H,31,32)/t17?,18?,23-/m1/s1. The molecule has 1 aromatic carbocycles. The van der Waals surface area contributed by atoms with Gasteiger partial charge in [0.25, 0.3) is 0 Å². The minimum atomic E-state index is -0.747. The van der Waals surface area contributed by atoms with Crippen molar-refractivity contribution >= 4 is 28.6 Å². The van der Waals surface area contributed by atoms with Crippen LogP contribution in [0, 0.1) is 17.7 Å². The Morgan fingerprint density at radius 1 is 1.35 bits per heavy atom. The Hall–Kier alpha value is -1.90. The zero-order chi connectivity index (χ0) is 24.1. The lowest BCUT2D eigenvalue weighted by Gasteiger charge is -2.39. The lowest BCUT2D eigenvalue weighted by atomic mass is 9.79. The van der Waals surface area contributed by atoms with E-state index in [2.05, 4.69) is 21.6 Å². The molecule has 34 heavy (non-hydrogen) atoms. The highest BCUT2D eigenvalue weighted by atomic mass is 32.2. The number of pyridine rings is 1. The zero-order valence-electron chi connectivity index (χ0n) is 19.9. The molecule has 2 heterocycles. The quantitative estimate of drug-likeness (QED) is 0.466. The Bertz CT molecular complexity index is 987. The van der Waals surface area contributed by atoms with Crippen molar-refractivity contribution in [3.05, 3.63) is 35.8 Å². The Labute approximate surface area is 205 Å². The van der Waals surface area contributed by atoms with E-state index in [1.165, 1.54) is 25.5 Å². The number of rotatable bonds is 11. The van der Waals surface area contributed by atoms with Gasteiger partial charge in [-0.1, -0.05) is 6.42 Å². The molecule has 186 valence electrons. The second-order valence-electron chi connectivity index (χ2n) is 9.72. The molecule has 2 unspecified atom stereocenters. The summed E-state index contributed by atoms with van der Waals surface area (Å²) in [5.74, 6) is 0.988. The number of aliphatic carboxylic acids is 1. The van der Waals surface area contributed by atoms with Crippen LogP contribution < -0.4 is 10.5 Å². The molecule has 1 saturated carbocycles. The third-order valence-corrected chi connectivity index (χ3v) is 8.87. The van der Waals surface area contributed by atoms with E-state index in [0.717, 1.165) is 43.5 Å². The van der Waals surface area contributed by atoms with Crippen LogP contribution in [0.4, 0.5) is 4.39 Å². The fraction of sp³-hybridized carbons (Fsp3) is 0.615. The number of ether oxygens (including phenoxy) is 1. The molecule has 3 N–H and O–H groups in total.